The summed E-state index contributed by atoms with van der Waals surface area (Å²) in [6.45, 7) is 7.91. The molecule has 1 N–H and O–H groups in total. The number of carbonyl (C=O) groups is 1. The summed E-state index contributed by atoms with van der Waals surface area (Å²) >= 11 is 0. The molecule has 1 aliphatic heterocycles. The summed E-state index contributed by atoms with van der Waals surface area (Å²) in [7, 11) is 0. The highest BCUT2D eigenvalue weighted by atomic mass is 16.7. The van der Waals surface area contributed by atoms with Gasteiger partial charge in [-0.2, -0.15) is 5.48 Å². The molecule has 1 amide bonds. The van der Waals surface area contributed by atoms with E-state index in [9.17, 15) is 4.79 Å². The molecule has 1 aliphatic rings. The van der Waals surface area contributed by atoms with Crippen molar-refractivity contribution in [2.45, 2.75) is 39.2 Å². The largest absolute Gasteiger partial charge is 0.342 e. The van der Waals surface area contributed by atoms with Crippen LogP contribution in [0.2, 0.25) is 0 Å². The fraction of sp³-hybridized carbons (Fsp3) is 0.900. The normalized spacial score (nSPS) is 17.5. The van der Waals surface area contributed by atoms with Gasteiger partial charge in [-0.1, -0.05) is 0 Å². The molecular weight excluding hydrogens is 180 g/mol. The van der Waals surface area contributed by atoms with Gasteiger partial charge in [0.15, 0.2) is 0 Å². The van der Waals surface area contributed by atoms with Gasteiger partial charge in [0.2, 0.25) is 5.91 Å². The average Bonchev–Trinajstić information content (AvgIpc) is 2.53. The molecule has 0 atom stereocenters. The van der Waals surface area contributed by atoms with Crippen LogP contribution in [0.4, 0.5) is 0 Å². The quantitative estimate of drug-likeness (QED) is 0.689. The lowest BCUT2D eigenvalue weighted by molar-refractivity contribution is -0.135. The van der Waals surface area contributed by atoms with Crippen LogP contribution in [0, 0.1) is 0 Å². The molecule has 4 heteroatoms. The van der Waals surface area contributed by atoms with Gasteiger partial charge in [-0.25, -0.2) is 0 Å². The first-order valence-corrected chi connectivity index (χ1v) is 5.18. The molecular formula is C10H20N2O2. The van der Waals surface area contributed by atoms with E-state index in [1.165, 1.54) is 0 Å². The number of nitrogens with one attached hydrogen (secondary N) is 1. The minimum absolute atomic E-state index is 0.131. The highest BCUT2D eigenvalue weighted by molar-refractivity contribution is 5.78. The van der Waals surface area contributed by atoms with E-state index in [1.54, 1.807) is 0 Å². The second-order valence-electron chi connectivity index (χ2n) is 4.62. The molecule has 82 valence electrons. The molecule has 0 unspecified atom stereocenters. The third kappa shape index (κ3) is 4.07. The lowest BCUT2D eigenvalue weighted by Crippen LogP contribution is -2.39. The van der Waals surface area contributed by atoms with Crippen LogP contribution in [0.1, 0.15) is 33.6 Å². The minimum Gasteiger partial charge on any atom is -0.342 e. The molecule has 0 aromatic heterocycles. The van der Waals surface area contributed by atoms with Crippen molar-refractivity contribution in [1.29, 1.82) is 0 Å². The fourth-order valence-electron chi connectivity index (χ4n) is 1.39. The Morgan fingerprint density at radius 1 is 1.36 bits per heavy atom. The summed E-state index contributed by atoms with van der Waals surface area (Å²) in [5.74, 6) is 0.131. The number of likely N-dealkylation sites (tertiary alicyclic amines) is 1. The summed E-state index contributed by atoms with van der Waals surface area (Å²) in [6.07, 6.45) is 2.26. The third-order valence-corrected chi connectivity index (χ3v) is 2.06. The van der Waals surface area contributed by atoms with Crippen LogP contribution < -0.4 is 5.48 Å². The van der Waals surface area contributed by atoms with Gasteiger partial charge in [0.05, 0.1) is 5.60 Å². The number of hydrogen-bond acceptors (Lipinski definition) is 3. The van der Waals surface area contributed by atoms with E-state index >= 15 is 0 Å². The lowest BCUT2D eigenvalue weighted by Gasteiger charge is -2.21. The zero-order chi connectivity index (χ0) is 10.6. The van der Waals surface area contributed by atoms with Gasteiger partial charge in [-0.3, -0.25) is 9.63 Å². The molecule has 0 spiro atoms. The van der Waals surface area contributed by atoms with Gasteiger partial charge < -0.3 is 4.90 Å². The topological polar surface area (TPSA) is 41.6 Å². The molecule has 14 heavy (non-hydrogen) atoms. The standard InChI is InChI=1S/C10H20N2O2/c1-10(2,3)14-11-8-9(13)12-6-4-5-7-12/h11H,4-8H2,1-3H3. The van der Waals surface area contributed by atoms with Crippen molar-refractivity contribution >= 4 is 5.91 Å². The van der Waals surface area contributed by atoms with Crippen molar-refractivity contribution in [1.82, 2.24) is 10.4 Å². The predicted molar refractivity (Wildman–Crippen MR) is 54.7 cm³/mol. The second kappa shape index (κ2) is 4.75. The van der Waals surface area contributed by atoms with Crippen LogP contribution in [0.3, 0.4) is 0 Å². The van der Waals surface area contributed by atoms with Crippen LogP contribution in [0.15, 0.2) is 0 Å². The van der Waals surface area contributed by atoms with E-state index in [1.807, 2.05) is 25.7 Å². The van der Waals surface area contributed by atoms with E-state index in [0.29, 0.717) is 0 Å². The van der Waals surface area contributed by atoms with Crippen LogP contribution in [-0.2, 0) is 9.63 Å². The van der Waals surface area contributed by atoms with Crippen LogP contribution >= 0.6 is 0 Å². The van der Waals surface area contributed by atoms with Crippen molar-refractivity contribution < 1.29 is 9.63 Å². The smallest absolute Gasteiger partial charge is 0.238 e. The van der Waals surface area contributed by atoms with Gasteiger partial charge in [-0.15, -0.1) is 0 Å². The van der Waals surface area contributed by atoms with Gasteiger partial charge in [0.1, 0.15) is 6.54 Å². The van der Waals surface area contributed by atoms with E-state index in [-0.39, 0.29) is 18.1 Å². The van der Waals surface area contributed by atoms with E-state index in [4.69, 9.17) is 4.84 Å². The molecule has 1 rings (SSSR count). The number of nitrogens with zero attached hydrogens (tertiary/aromatic N) is 1. The summed E-state index contributed by atoms with van der Waals surface area (Å²) in [4.78, 5) is 18.7. The molecule has 0 radical (unpaired) electrons. The molecule has 0 saturated carbocycles. The van der Waals surface area contributed by atoms with E-state index in [0.717, 1.165) is 25.9 Å². The van der Waals surface area contributed by atoms with Crippen LogP contribution in [-0.4, -0.2) is 36.0 Å². The number of hydrogen-bond donors (Lipinski definition) is 1. The van der Waals surface area contributed by atoms with E-state index < -0.39 is 0 Å². The van der Waals surface area contributed by atoms with Crippen molar-refractivity contribution in [3.8, 4) is 0 Å². The van der Waals surface area contributed by atoms with E-state index in [2.05, 4.69) is 5.48 Å². The molecule has 0 aromatic carbocycles. The Morgan fingerprint density at radius 3 is 2.43 bits per heavy atom. The summed E-state index contributed by atoms with van der Waals surface area (Å²) in [6, 6.07) is 0. The van der Waals surface area contributed by atoms with Crippen molar-refractivity contribution in [2.24, 2.45) is 0 Å². The minimum atomic E-state index is -0.245. The first kappa shape index (κ1) is 11.5. The Balaban J connectivity index is 2.15. The van der Waals surface area contributed by atoms with Gasteiger partial charge >= 0.3 is 0 Å². The zero-order valence-electron chi connectivity index (χ0n) is 9.30. The number of carbonyl (C=O) groups excluding carboxylic acids is 1. The highest BCUT2D eigenvalue weighted by Gasteiger charge is 2.18. The third-order valence-electron chi connectivity index (χ3n) is 2.06. The SMILES string of the molecule is CC(C)(C)ONCC(=O)N1CCCC1. The molecule has 1 heterocycles. The summed E-state index contributed by atoms with van der Waals surface area (Å²) < 4.78 is 0. The highest BCUT2D eigenvalue weighted by Crippen LogP contribution is 2.07. The Morgan fingerprint density at radius 2 is 1.93 bits per heavy atom. The Hall–Kier alpha value is -0.610. The Bertz CT molecular complexity index is 193. The maximum absolute atomic E-state index is 11.5. The van der Waals surface area contributed by atoms with Crippen molar-refractivity contribution in [3.63, 3.8) is 0 Å². The maximum atomic E-state index is 11.5. The van der Waals surface area contributed by atoms with Gasteiger partial charge in [0, 0.05) is 13.1 Å². The molecule has 0 bridgehead atoms. The van der Waals surface area contributed by atoms with Crippen LogP contribution in [0.25, 0.3) is 0 Å². The maximum Gasteiger partial charge on any atom is 0.238 e. The van der Waals surface area contributed by atoms with Gasteiger partial charge in [-0.05, 0) is 33.6 Å². The van der Waals surface area contributed by atoms with Crippen molar-refractivity contribution in [3.05, 3.63) is 0 Å². The predicted octanol–water partition coefficient (Wildman–Crippen LogP) is 0.928. The Kier molecular flexibility index (Phi) is 3.89. The summed E-state index contributed by atoms with van der Waals surface area (Å²) in [5, 5.41) is 0. The molecule has 1 fully saturated rings. The molecule has 4 nitrogen and oxygen atoms in total. The molecule has 0 aromatic rings. The monoisotopic (exact) mass is 200 g/mol. The molecule has 1 saturated heterocycles. The lowest BCUT2D eigenvalue weighted by atomic mass is 10.2. The molecule has 0 aliphatic carbocycles. The first-order valence-electron chi connectivity index (χ1n) is 5.18. The van der Waals surface area contributed by atoms with Crippen molar-refractivity contribution in [2.75, 3.05) is 19.6 Å². The van der Waals surface area contributed by atoms with Gasteiger partial charge in [0.25, 0.3) is 0 Å². The first-order chi connectivity index (χ1) is 6.49. The Labute approximate surface area is 85.6 Å². The number of amides is 1. The second-order valence-corrected chi connectivity index (χ2v) is 4.62. The summed E-state index contributed by atoms with van der Waals surface area (Å²) in [5.41, 5.74) is 2.47. The fourth-order valence-corrected chi connectivity index (χ4v) is 1.39. The average molecular weight is 200 g/mol. The number of hydroxylamine groups is 1. The number of rotatable bonds is 3. The van der Waals surface area contributed by atoms with Crippen LogP contribution in [0.5, 0.6) is 0 Å². The zero-order valence-corrected chi connectivity index (χ0v) is 9.30.